The number of carbonyl (C=O) groups is 2. The van der Waals surface area contributed by atoms with Crippen LogP contribution in [0.3, 0.4) is 0 Å². The van der Waals surface area contributed by atoms with Gasteiger partial charge in [0.2, 0.25) is 10.0 Å². The van der Waals surface area contributed by atoms with E-state index >= 15 is 0 Å². The Hall–Kier alpha value is -2.62. The summed E-state index contributed by atoms with van der Waals surface area (Å²) in [6.07, 6.45) is 3.15. The molecule has 1 aromatic carbocycles. The molecule has 2 unspecified atom stereocenters. The van der Waals surface area contributed by atoms with Crippen molar-refractivity contribution in [2.45, 2.75) is 58.4 Å². The van der Waals surface area contributed by atoms with Gasteiger partial charge in [-0.05, 0) is 66.7 Å². The minimum absolute atomic E-state index is 0.0284. The molecule has 2 saturated carbocycles. The summed E-state index contributed by atoms with van der Waals surface area (Å²) in [5.74, 6) is -0.894. The van der Waals surface area contributed by atoms with Crippen LogP contribution in [0, 0.1) is 16.7 Å². The van der Waals surface area contributed by atoms with Crippen LogP contribution >= 0.6 is 0 Å². The molecule has 0 saturated heterocycles. The largest absolute Gasteiger partial charge is 0.494 e. The number of rotatable bonds is 13. The third-order valence-electron chi connectivity index (χ3n) is 7.54. The van der Waals surface area contributed by atoms with Crippen molar-refractivity contribution in [3.63, 3.8) is 0 Å². The van der Waals surface area contributed by atoms with Gasteiger partial charge in [-0.15, -0.1) is 0 Å². The number of ketones is 1. The number of carbonyl (C=O) groups excluding carboxylic acids is 1. The molecule has 0 aliphatic heterocycles. The lowest BCUT2D eigenvalue weighted by atomic mass is 9.70. The molecule has 34 heavy (non-hydrogen) atoms. The molecule has 0 spiro atoms. The molecule has 2 fully saturated rings. The van der Waals surface area contributed by atoms with Crippen molar-refractivity contribution >= 4 is 21.8 Å². The number of nitrogens with one attached hydrogen (secondary N) is 1. The van der Waals surface area contributed by atoms with E-state index < -0.39 is 32.9 Å². The molecular formula is C23H32N4O6S. The molecule has 10 nitrogen and oxygen atoms in total. The van der Waals surface area contributed by atoms with Gasteiger partial charge in [0.1, 0.15) is 17.6 Å². The first-order valence-corrected chi connectivity index (χ1v) is 13.1. The van der Waals surface area contributed by atoms with Crippen molar-refractivity contribution in [1.29, 1.82) is 0 Å². The van der Waals surface area contributed by atoms with Gasteiger partial charge in [0.25, 0.3) is 0 Å². The highest BCUT2D eigenvalue weighted by Gasteiger charge is 2.65. The Balaban J connectivity index is 1.59. The van der Waals surface area contributed by atoms with E-state index in [2.05, 4.69) is 14.7 Å². The Bertz CT molecular complexity index is 1070. The normalized spacial score (nSPS) is 23.9. The van der Waals surface area contributed by atoms with E-state index in [0.717, 1.165) is 12.8 Å². The molecule has 11 heteroatoms. The SMILES string of the molecule is CC1(C)C2CCC1(CS(=O)(=O)N[C@@H](Cc1ccc(OCCCCN=[N+]=[N-])cc1)C(=O)O)C(=O)C2. The highest BCUT2D eigenvalue weighted by atomic mass is 32.2. The predicted molar refractivity (Wildman–Crippen MR) is 126 cm³/mol. The minimum Gasteiger partial charge on any atom is -0.494 e. The molecule has 0 amide bonds. The summed E-state index contributed by atoms with van der Waals surface area (Å²) >= 11 is 0. The quantitative estimate of drug-likeness (QED) is 0.186. The first kappa shape index (κ1) is 26.0. The van der Waals surface area contributed by atoms with Gasteiger partial charge < -0.3 is 9.84 Å². The van der Waals surface area contributed by atoms with E-state index in [-0.39, 0.29) is 23.9 Å². The fourth-order valence-electron chi connectivity index (χ4n) is 5.35. The Labute approximate surface area is 199 Å². The van der Waals surface area contributed by atoms with Crippen molar-refractivity contribution < 1.29 is 27.9 Å². The van der Waals surface area contributed by atoms with E-state index in [1.165, 1.54) is 0 Å². The predicted octanol–water partition coefficient (Wildman–Crippen LogP) is 3.47. The maximum absolute atomic E-state index is 13.0. The zero-order chi connectivity index (χ0) is 25.0. The maximum Gasteiger partial charge on any atom is 0.322 e. The third kappa shape index (κ3) is 5.54. The van der Waals surface area contributed by atoms with Crippen molar-refractivity contribution in [3.05, 3.63) is 40.3 Å². The van der Waals surface area contributed by atoms with Crippen molar-refractivity contribution in [2.75, 3.05) is 18.9 Å². The van der Waals surface area contributed by atoms with Crippen LogP contribution in [-0.4, -0.2) is 50.2 Å². The zero-order valence-corrected chi connectivity index (χ0v) is 20.4. The standard InChI is InChI=1S/C23H32N4O6S/c1-22(2)17-9-10-23(22,20(28)14-17)15-34(31,32)26-19(21(29)30)13-16-5-7-18(8-6-16)33-12-4-3-11-25-27-24/h5-8,17,19,26H,3-4,9-15H2,1-2H3,(H,29,30)/t17?,19-,23?/m0/s1. The topological polar surface area (TPSA) is 159 Å². The monoisotopic (exact) mass is 492 g/mol. The van der Waals surface area contributed by atoms with E-state index in [1.807, 2.05) is 13.8 Å². The van der Waals surface area contributed by atoms with Crippen molar-refractivity contribution in [3.8, 4) is 5.75 Å². The Morgan fingerprint density at radius 2 is 2.03 bits per heavy atom. The molecule has 1 aromatic rings. The van der Waals surface area contributed by atoms with Crippen LogP contribution in [0.5, 0.6) is 5.75 Å². The molecular weight excluding hydrogens is 460 g/mol. The number of aliphatic carboxylic acids is 1. The van der Waals surface area contributed by atoms with Gasteiger partial charge in [0, 0.05) is 23.3 Å². The minimum atomic E-state index is -4.01. The summed E-state index contributed by atoms with van der Waals surface area (Å²) < 4.78 is 33.9. The van der Waals surface area contributed by atoms with Crippen LogP contribution in [0.2, 0.25) is 0 Å². The number of unbranched alkanes of at least 4 members (excludes halogenated alkanes) is 1. The molecule has 0 radical (unpaired) electrons. The summed E-state index contributed by atoms with van der Waals surface area (Å²) in [6, 6.07) is 5.46. The second-order valence-corrected chi connectivity index (χ2v) is 11.5. The molecule has 2 aliphatic rings. The van der Waals surface area contributed by atoms with Gasteiger partial charge in [0.15, 0.2) is 0 Å². The number of hydrogen-bond donors (Lipinski definition) is 2. The number of nitrogens with zero attached hydrogens (tertiary/aromatic N) is 3. The van der Waals surface area contributed by atoms with Gasteiger partial charge >= 0.3 is 5.97 Å². The third-order valence-corrected chi connectivity index (χ3v) is 9.06. The molecule has 2 N–H and O–H groups in total. The number of sulfonamides is 1. The number of Topliss-reactive ketones (excluding diaryl/α,β-unsaturated/α-hetero) is 1. The average Bonchev–Trinajstić information content (AvgIpc) is 3.10. The Morgan fingerprint density at radius 1 is 1.32 bits per heavy atom. The van der Waals surface area contributed by atoms with Crippen molar-refractivity contribution in [1.82, 2.24) is 4.72 Å². The van der Waals surface area contributed by atoms with E-state index in [9.17, 15) is 23.1 Å². The fourth-order valence-corrected chi connectivity index (χ4v) is 7.37. The Morgan fingerprint density at radius 3 is 2.59 bits per heavy atom. The van der Waals surface area contributed by atoms with Gasteiger partial charge in [-0.2, -0.15) is 0 Å². The van der Waals surface area contributed by atoms with Crippen LogP contribution in [0.25, 0.3) is 10.4 Å². The number of hydrogen-bond acceptors (Lipinski definition) is 6. The zero-order valence-electron chi connectivity index (χ0n) is 19.6. The number of azide groups is 1. The highest BCUT2D eigenvalue weighted by Crippen LogP contribution is 2.64. The number of ether oxygens (including phenoxy) is 1. The van der Waals surface area contributed by atoms with E-state index in [0.29, 0.717) is 43.7 Å². The van der Waals surface area contributed by atoms with Gasteiger partial charge in [-0.3, -0.25) is 9.59 Å². The molecule has 2 aliphatic carbocycles. The number of carboxylic acids is 1. The molecule has 2 bridgehead atoms. The van der Waals surface area contributed by atoms with Gasteiger partial charge in [-0.25, -0.2) is 13.1 Å². The fraction of sp³-hybridized carbons (Fsp3) is 0.652. The van der Waals surface area contributed by atoms with E-state index in [4.69, 9.17) is 10.3 Å². The van der Waals surface area contributed by atoms with Gasteiger partial charge in [0.05, 0.1) is 12.4 Å². The second kappa shape index (κ2) is 10.3. The number of carboxylic acid groups (broad SMARTS) is 1. The summed E-state index contributed by atoms with van der Waals surface area (Å²) in [4.78, 5) is 27.2. The lowest BCUT2D eigenvalue weighted by Crippen LogP contribution is -2.49. The lowest BCUT2D eigenvalue weighted by Gasteiger charge is -2.36. The average molecular weight is 493 g/mol. The van der Waals surface area contributed by atoms with Crippen molar-refractivity contribution in [2.24, 2.45) is 21.9 Å². The van der Waals surface area contributed by atoms with Crippen LogP contribution in [0.15, 0.2) is 29.4 Å². The molecule has 3 atom stereocenters. The molecule has 186 valence electrons. The van der Waals surface area contributed by atoms with Crippen LogP contribution in [0.4, 0.5) is 0 Å². The first-order valence-electron chi connectivity index (χ1n) is 11.5. The maximum atomic E-state index is 13.0. The number of fused-ring (bicyclic) bond motifs is 2. The molecule has 0 aromatic heterocycles. The van der Waals surface area contributed by atoms with Crippen LogP contribution in [-0.2, 0) is 26.0 Å². The number of benzene rings is 1. The highest BCUT2D eigenvalue weighted by molar-refractivity contribution is 7.89. The second-order valence-electron chi connectivity index (χ2n) is 9.79. The molecule has 0 heterocycles. The lowest BCUT2D eigenvalue weighted by molar-refractivity contribution is -0.138. The first-order chi connectivity index (χ1) is 16.0. The molecule has 3 rings (SSSR count). The summed E-state index contributed by atoms with van der Waals surface area (Å²) in [5, 5.41) is 13.1. The van der Waals surface area contributed by atoms with Crippen LogP contribution in [0.1, 0.15) is 51.5 Å². The van der Waals surface area contributed by atoms with E-state index in [1.54, 1.807) is 24.3 Å². The summed E-state index contributed by atoms with van der Waals surface area (Å²) in [5.41, 5.74) is 7.51. The smallest absolute Gasteiger partial charge is 0.322 e. The van der Waals surface area contributed by atoms with Crippen LogP contribution < -0.4 is 9.46 Å². The summed E-state index contributed by atoms with van der Waals surface area (Å²) in [6.45, 7) is 4.77. The summed E-state index contributed by atoms with van der Waals surface area (Å²) in [7, 11) is -4.01. The Kier molecular flexibility index (Phi) is 7.90. The van der Waals surface area contributed by atoms with Gasteiger partial charge in [-0.1, -0.05) is 31.1 Å².